The van der Waals surface area contributed by atoms with Gasteiger partial charge in [-0.1, -0.05) is 6.58 Å². The summed E-state index contributed by atoms with van der Waals surface area (Å²) < 4.78 is 9.47. The Morgan fingerprint density at radius 1 is 1.60 bits per heavy atom. The molecule has 0 aliphatic carbocycles. The van der Waals surface area contributed by atoms with Crippen LogP contribution in [0, 0.1) is 0 Å². The first-order valence-corrected chi connectivity index (χ1v) is 4.36. The summed E-state index contributed by atoms with van der Waals surface area (Å²) in [4.78, 5) is 22.4. The fraction of sp³-hybridized carbons (Fsp3) is 0.200. The molecular weight excluding hydrogens is 198 g/mol. The van der Waals surface area contributed by atoms with Gasteiger partial charge in [0.25, 0.3) is 5.91 Å². The minimum absolute atomic E-state index is 0.112. The molecule has 0 saturated carbocycles. The van der Waals surface area contributed by atoms with Crippen LogP contribution in [0.1, 0.15) is 17.5 Å². The Balaban J connectivity index is 2.52. The number of ether oxygens (including phenoxy) is 1. The van der Waals surface area contributed by atoms with Crippen molar-refractivity contribution in [3.8, 4) is 0 Å². The molecule has 0 bridgehead atoms. The Labute approximate surface area is 86.7 Å². The van der Waals surface area contributed by atoms with Gasteiger partial charge in [-0.15, -0.1) is 0 Å². The van der Waals surface area contributed by atoms with Crippen molar-refractivity contribution in [2.24, 2.45) is 0 Å². The summed E-state index contributed by atoms with van der Waals surface area (Å²) in [6.45, 7) is 5.27. The summed E-state index contributed by atoms with van der Waals surface area (Å²) in [6.07, 6.45) is 1.36. The number of esters is 1. The summed E-state index contributed by atoms with van der Waals surface area (Å²) in [6, 6.07) is 3.05. The molecule has 0 saturated heterocycles. The van der Waals surface area contributed by atoms with Crippen molar-refractivity contribution >= 4 is 11.9 Å². The van der Waals surface area contributed by atoms with Crippen LogP contribution in [-0.2, 0) is 9.53 Å². The van der Waals surface area contributed by atoms with Crippen LogP contribution in [0.2, 0.25) is 0 Å². The van der Waals surface area contributed by atoms with Crippen molar-refractivity contribution in [3.63, 3.8) is 0 Å². The third-order valence-corrected chi connectivity index (χ3v) is 1.53. The predicted molar refractivity (Wildman–Crippen MR) is 51.9 cm³/mol. The highest BCUT2D eigenvalue weighted by molar-refractivity contribution is 5.99. The number of amides is 1. The number of carbonyl (C=O) groups excluding carboxylic acids is 2. The number of hydrogen-bond acceptors (Lipinski definition) is 4. The molecule has 80 valence electrons. The van der Waals surface area contributed by atoms with E-state index in [0.717, 1.165) is 0 Å². The Kier molecular flexibility index (Phi) is 3.68. The molecule has 0 atom stereocenters. The molecule has 0 fully saturated rings. The fourth-order valence-corrected chi connectivity index (χ4v) is 0.876. The van der Waals surface area contributed by atoms with E-state index in [0.29, 0.717) is 0 Å². The zero-order valence-corrected chi connectivity index (χ0v) is 8.28. The zero-order chi connectivity index (χ0) is 11.3. The molecular formula is C10H11NO4. The minimum Gasteiger partial charge on any atom is -0.461 e. The van der Waals surface area contributed by atoms with E-state index >= 15 is 0 Å². The van der Waals surface area contributed by atoms with Crippen LogP contribution in [0.15, 0.2) is 35.1 Å². The van der Waals surface area contributed by atoms with E-state index in [2.05, 4.69) is 16.6 Å². The number of nitrogens with one attached hydrogen (secondary N) is 1. The highest BCUT2D eigenvalue weighted by Crippen LogP contribution is 2.01. The minimum atomic E-state index is -0.655. The van der Waals surface area contributed by atoms with Gasteiger partial charge in [-0.25, -0.2) is 4.79 Å². The average Bonchev–Trinajstić information content (AvgIpc) is 2.70. The topological polar surface area (TPSA) is 68.5 Å². The molecule has 15 heavy (non-hydrogen) atoms. The SMILES string of the molecule is C=C(NC(=O)c1ccco1)C(=O)OCC. The molecule has 1 aromatic heterocycles. The molecule has 1 N–H and O–H groups in total. The van der Waals surface area contributed by atoms with Crippen LogP contribution in [0.4, 0.5) is 0 Å². The Morgan fingerprint density at radius 3 is 2.87 bits per heavy atom. The van der Waals surface area contributed by atoms with Crippen LogP contribution < -0.4 is 5.32 Å². The third-order valence-electron chi connectivity index (χ3n) is 1.53. The number of furan rings is 1. The Morgan fingerprint density at radius 2 is 2.33 bits per heavy atom. The van der Waals surface area contributed by atoms with Crippen molar-refractivity contribution in [2.75, 3.05) is 6.61 Å². The molecule has 1 amide bonds. The van der Waals surface area contributed by atoms with Gasteiger partial charge in [-0.2, -0.15) is 0 Å². The van der Waals surface area contributed by atoms with Crippen molar-refractivity contribution in [1.82, 2.24) is 5.32 Å². The molecule has 0 aliphatic rings. The molecule has 1 heterocycles. The first-order valence-electron chi connectivity index (χ1n) is 4.36. The van der Waals surface area contributed by atoms with E-state index in [4.69, 9.17) is 4.42 Å². The molecule has 5 nitrogen and oxygen atoms in total. The van der Waals surface area contributed by atoms with E-state index < -0.39 is 11.9 Å². The number of hydrogen-bond donors (Lipinski definition) is 1. The largest absolute Gasteiger partial charge is 0.461 e. The maximum absolute atomic E-state index is 11.4. The van der Waals surface area contributed by atoms with Gasteiger partial charge in [0.2, 0.25) is 0 Å². The second-order valence-electron chi connectivity index (χ2n) is 2.63. The second-order valence-corrected chi connectivity index (χ2v) is 2.63. The monoisotopic (exact) mass is 209 g/mol. The molecule has 0 aromatic carbocycles. The maximum Gasteiger partial charge on any atom is 0.354 e. The highest BCUT2D eigenvalue weighted by atomic mass is 16.5. The molecule has 0 radical (unpaired) electrons. The van der Waals surface area contributed by atoms with E-state index in [1.807, 2.05) is 0 Å². The lowest BCUT2D eigenvalue weighted by molar-refractivity contribution is -0.138. The Bertz CT molecular complexity index is 367. The quantitative estimate of drug-likeness (QED) is 0.595. The van der Waals surface area contributed by atoms with E-state index in [-0.39, 0.29) is 18.1 Å². The van der Waals surface area contributed by atoms with Crippen LogP contribution >= 0.6 is 0 Å². The molecule has 0 spiro atoms. The van der Waals surface area contributed by atoms with Gasteiger partial charge in [-0.3, -0.25) is 4.79 Å². The maximum atomic E-state index is 11.4. The van der Waals surface area contributed by atoms with Gasteiger partial charge < -0.3 is 14.5 Å². The first-order chi connectivity index (χ1) is 7.15. The van der Waals surface area contributed by atoms with E-state index in [1.54, 1.807) is 13.0 Å². The van der Waals surface area contributed by atoms with Gasteiger partial charge in [0.15, 0.2) is 5.76 Å². The van der Waals surface area contributed by atoms with Crippen molar-refractivity contribution < 1.29 is 18.7 Å². The van der Waals surface area contributed by atoms with Gasteiger partial charge in [-0.05, 0) is 19.1 Å². The second kappa shape index (κ2) is 4.99. The van der Waals surface area contributed by atoms with E-state index in [9.17, 15) is 9.59 Å². The standard InChI is InChI=1S/C10H11NO4/c1-3-14-10(13)7(2)11-9(12)8-5-4-6-15-8/h4-6H,2-3H2,1H3,(H,11,12). The lowest BCUT2D eigenvalue weighted by atomic mass is 10.4. The van der Waals surface area contributed by atoms with Gasteiger partial charge in [0, 0.05) is 0 Å². The van der Waals surface area contributed by atoms with Crippen LogP contribution in [-0.4, -0.2) is 18.5 Å². The van der Waals surface area contributed by atoms with Crippen LogP contribution in [0.25, 0.3) is 0 Å². The number of rotatable bonds is 4. The molecule has 0 aliphatic heterocycles. The summed E-state index contributed by atoms with van der Waals surface area (Å²) in [5.74, 6) is -1.07. The van der Waals surface area contributed by atoms with Gasteiger partial charge >= 0.3 is 5.97 Å². The lowest BCUT2D eigenvalue weighted by Gasteiger charge is -2.05. The molecule has 5 heteroatoms. The predicted octanol–water partition coefficient (Wildman–Crippen LogP) is 1.09. The van der Waals surface area contributed by atoms with Crippen LogP contribution in [0.3, 0.4) is 0 Å². The summed E-state index contributed by atoms with van der Waals surface area (Å²) in [7, 11) is 0. The zero-order valence-electron chi connectivity index (χ0n) is 8.28. The lowest BCUT2D eigenvalue weighted by Crippen LogP contribution is -2.27. The van der Waals surface area contributed by atoms with Crippen molar-refractivity contribution in [3.05, 3.63) is 36.4 Å². The summed E-state index contributed by atoms with van der Waals surface area (Å²) in [5.41, 5.74) is -0.113. The molecule has 1 aromatic rings. The highest BCUT2D eigenvalue weighted by Gasteiger charge is 2.14. The van der Waals surface area contributed by atoms with Crippen LogP contribution in [0.5, 0.6) is 0 Å². The normalized spacial score (nSPS) is 9.40. The third kappa shape index (κ3) is 2.98. The van der Waals surface area contributed by atoms with Gasteiger partial charge in [0.1, 0.15) is 5.70 Å². The molecule has 1 rings (SSSR count). The number of carbonyl (C=O) groups is 2. The van der Waals surface area contributed by atoms with Crippen molar-refractivity contribution in [1.29, 1.82) is 0 Å². The molecule has 0 unspecified atom stereocenters. The van der Waals surface area contributed by atoms with Gasteiger partial charge in [0.05, 0.1) is 12.9 Å². The van der Waals surface area contributed by atoms with Crippen molar-refractivity contribution in [2.45, 2.75) is 6.92 Å². The average molecular weight is 209 g/mol. The summed E-state index contributed by atoms with van der Waals surface area (Å²) >= 11 is 0. The van der Waals surface area contributed by atoms with E-state index in [1.165, 1.54) is 12.3 Å². The first kappa shape index (κ1) is 11.0. The smallest absolute Gasteiger partial charge is 0.354 e. The fourth-order valence-electron chi connectivity index (χ4n) is 0.876. The Hall–Kier alpha value is -2.04. The summed E-state index contributed by atoms with van der Waals surface area (Å²) in [5, 5.41) is 2.27.